The van der Waals surface area contributed by atoms with Crippen molar-refractivity contribution in [2.45, 2.75) is 19.8 Å². The van der Waals surface area contributed by atoms with Crippen molar-refractivity contribution in [1.82, 2.24) is 4.98 Å². The van der Waals surface area contributed by atoms with Gasteiger partial charge in [0.15, 0.2) is 0 Å². The molecule has 1 aromatic heterocycles. The van der Waals surface area contributed by atoms with Crippen LogP contribution < -0.4 is 4.74 Å². The van der Waals surface area contributed by atoms with E-state index in [1.54, 1.807) is 12.1 Å². The van der Waals surface area contributed by atoms with Crippen molar-refractivity contribution in [3.05, 3.63) is 72.4 Å². The Bertz CT molecular complexity index is 696. The maximum atomic E-state index is 12.1. The van der Waals surface area contributed by atoms with Gasteiger partial charge >= 0.3 is 0 Å². The fourth-order valence-electron chi connectivity index (χ4n) is 2.67. The fourth-order valence-corrected chi connectivity index (χ4v) is 2.67. The van der Waals surface area contributed by atoms with Gasteiger partial charge < -0.3 is 4.74 Å². The standard InChI is InChI=1S/C21H20FNO/c1-2-3-16-4-13-21(23-14-16)19-7-5-17(6-8-19)18-9-11-20(12-10-18)24-15-22/h4-14H,2-3,15H2,1H3. The van der Waals surface area contributed by atoms with E-state index in [0.29, 0.717) is 5.75 Å². The van der Waals surface area contributed by atoms with Gasteiger partial charge in [-0.1, -0.05) is 55.8 Å². The molecule has 0 spiro atoms. The molecule has 0 atom stereocenters. The predicted molar refractivity (Wildman–Crippen MR) is 95.7 cm³/mol. The molecular weight excluding hydrogens is 301 g/mol. The molecule has 3 aromatic rings. The van der Waals surface area contributed by atoms with Crippen molar-refractivity contribution in [3.8, 4) is 28.1 Å². The third kappa shape index (κ3) is 3.80. The number of rotatable bonds is 6. The van der Waals surface area contributed by atoms with Crippen molar-refractivity contribution in [2.75, 3.05) is 6.86 Å². The number of hydrogen-bond donors (Lipinski definition) is 0. The third-order valence-corrected chi connectivity index (χ3v) is 3.95. The molecule has 0 aliphatic carbocycles. The first-order valence-electron chi connectivity index (χ1n) is 8.14. The van der Waals surface area contributed by atoms with Gasteiger partial charge in [0.1, 0.15) is 5.75 Å². The summed E-state index contributed by atoms with van der Waals surface area (Å²) >= 11 is 0. The van der Waals surface area contributed by atoms with E-state index in [4.69, 9.17) is 4.74 Å². The first-order valence-corrected chi connectivity index (χ1v) is 8.14. The first kappa shape index (κ1) is 16.2. The second-order valence-corrected chi connectivity index (χ2v) is 5.66. The van der Waals surface area contributed by atoms with Crippen LogP contribution in [-0.4, -0.2) is 11.8 Å². The Kier molecular flexibility index (Phi) is 5.22. The van der Waals surface area contributed by atoms with Gasteiger partial charge in [-0.25, -0.2) is 4.39 Å². The third-order valence-electron chi connectivity index (χ3n) is 3.95. The van der Waals surface area contributed by atoms with E-state index in [-0.39, 0.29) is 0 Å². The van der Waals surface area contributed by atoms with Crippen molar-refractivity contribution >= 4 is 0 Å². The van der Waals surface area contributed by atoms with Crippen LogP contribution in [0.25, 0.3) is 22.4 Å². The maximum Gasteiger partial charge on any atom is 0.228 e. The molecule has 24 heavy (non-hydrogen) atoms. The minimum absolute atomic E-state index is 0.536. The molecule has 0 radical (unpaired) electrons. The molecule has 0 amide bonds. The Morgan fingerprint density at radius 2 is 1.46 bits per heavy atom. The largest absolute Gasteiger partial charge is 0.463 e. The summed E-state index contributed by atoms with van der Waals surface area (Å²) in [7, 11) is 0. The Hall–Kier alpha value is -2.68. The normalized spacial score (nSPS) is 10.6. The molecule has 0 unspecified atom stereocenters. The average Bonchev–Trinajstić information content (AvgIpc) is 2.64. The van der Waals surface area contributed by atoms with Crippen LogP contribution in [0.5, 0.6) is 5.75 Å². The molecule has 0 bridgehead atoms. The fraction of sp³-hybridized carbons (Fsp3) is 0.190. The van der Waals surface area contributed by atoms with Crippen LogP contribution in [0.3, 0.4) is 0 Å². The Balaban J connectivity index is 1.77. The summed E-state index contributed by atoms with van der Waals surface area (Å²) in [5.74, 6) is 0.536. The van der Waals surface area contributed by atoms with Gasteiger partial charge in [-0.15, -0.1) is 0 Å². The summed E-state index contributed by atoms with van der Waals surface area (Å²) in [4.78, 5) is 4.55. The second-order valence-electron chi connectivity index (χ2n) is 5.66. The zero-order valence-electron chi connectivity index (χ0n) is 13.7. The Labute approximate surface area is 142 Å². The van der Waals surface area contributed by atoms with Crippen LogP contribution in [0.1, 0.15) is 18.9 Å². The molecule has 122 valence electrons. The molecule has 0 aliphatic heterocycles. The second kappa shape index (κ2) is 7.73. The SMILES string of the molecule is CCCc1ccc(-c2ccc(-c3ccc(OCF)cc3)cc2)nc1. The summed E-state index contributed by atoms with van der Waals surface area (Å²) in [6.07, 6.45) is 4.15. The van der Waals surface area contributed by atoms with E-state index in [0.717, 1.165) is 35.2 Å². The number of ether oxygens (including phenoxy) is 1. The van der Waals surface area contributed by atoms with Crippen molar-refractivity contribution in [2.24, 2.45) is 0 Å². The Morgan fingerprint density at radius 1 is 0.833 bits per heavy atom. The molecular formula is C21H20FNO. The van der Waals surface area contributed by atoms with Crippen molar-refractivity contribution in [3.63, 3.8) is 0 Å². The zero-order valence-corrected chi connectivity index (χ0v) is 13.7. The van der Waals surface area contributed by atoms with Gasteiger partial charge in [0.25, 0.3) is 0 Å². The number of nitrogens with zero attached hydrogens (tertiary/aromatic N) is 1. The van der Waals surface area contributed by atoms with Gasteiger partial charge in [-0.05, 0) is 41.3 Å². The highest BCUT2D eigenvalue weighted by atomic mass is 19.1. The number of aryl methyl sites for hydroxylation is 1. The zero-order chi connectivity index (χ0) is 16.8. The number of pyridine rings is 1. The highest BCUT2D eigenvalue weighted by molar-refractivity contribution is 5.69. The molecule has 3 heteroatoms. The minimum atomic E-state index is -0.807. The number of hydrogen-bond acceptors (Lipinski definition) is 2. The molecule has 0 fully saturated rings. The van der Waals surface area contributed by atoms with Gasteiger partial charge in [0, 0.05) is 11.8 Å². The lowest BCUT2D eigenvalue weighted by atomic mass is 10.0. The number of benzene rings is 2. The van der Waals surface area contributed by atoms with Crippen LogP contribution >= 0.6 is 0 Å². The molecule has 0 aliphatic rings. The summed E-state index contributed by atoms with van der Waals surface area (Å²) < 4.78 is 17.0. The minimum Gasteiger partial charge on any atom is -0.463 e. The van der Waals surface area contributed by atoms with E-state index in [1.165, 1.54) is 5.56 Å². The molecule has 0 saturated heterocycles. The number of halogens is 1. The number of aromatic nitrogens is 1. The van der Waals surface area contributed by atoms with Crippen LogP contribution in [0, 0.1) is 0 Å². The quantitative estimate of drug-likeness (QED) is 0.583. The summed E-state index contributed by atoms with van der Waals surface area (Å²) in [6.45, 7) is 1.36. The molecule has 2 nitrogen and oxygen atoms in total. The van der Waals surface area contributed by atoms with Crippen LogP contribution in [0.2, 0.25) is 0 Å². The molecule has 0 N–H and O–H groups in total. The lowest BCUT2D eigenvalue weighted by molar-refractivity contribution is 0.192. The van der Waals surface area contributed by atoms with E-state index in [2.05, 4.69) is 48.3 Å². The maximum absolute atomic E-state index is 12.1. The molecule has 0 saturated carbocycles. The molecule has 1 heterocycles. The van der Waals surface area contributed by atoms with E-state index >= 15 is 0 Å². The van der Waals surface area contributed by atoms with Crippen molar-refractivity contribution in [1.29, 1.82) is 0 Å². The van der Waals surface area contributed by atoms with Gasteiger partial charge in [0.2, 0.25) is 6.86 Å². The molecule has 3 rings (SSSR count). The van der Waals surface area contributed by atoms with E-state index in [9.17, 15) is 4.39 Å². The Morgan fingerprint density at radius 3 is 2.00 bits per heavy atom. The summed E-state index contributed by atoms with van der Waals surface area (Å²) in [5, 5.41) is 0. The van der Waals surface area contributed by atoms with E-state index < -0.39 is 6.86 Å². The highest BCUT2D eigenvalue weighted by Gasteiger charge is 2.03. The van der Waals surface area contributed by atoms with Crippen LogP contribution in [-0.2, 0) is 6.42 Å². The van der Waals surface area contributed by atoms with Crippen LogP contribution in [0.4, 0.5) is 4.39 Å². The lowest BCUT2D eigenvalue weighted by Crippen LogP contribution is -1.89. The predicted octanol–water partition coefficient (Wildman–Crippen LogP) is 5.67. The highest BCUT2D eigenvalue weighted by Crippen LogP contribution is 2.25. The topological polar surface area (TPSA) is 22.1 Å². The van der Waals surface area contributed by atoms with Gasteiger partial charge in [-0.3, -0.25) is 4.98 Å². The summed E-state index contributed by atoms with van der Waals surface area (Å²) in [5.41, 5.74) is 5.52. The molecule has 2 aromatic carbocycles. The van der Waals surface area contributed by atoms with Gasteiger partial charge in [-0.2, -0.15) is 0 Å². The lowest BCUT2D eigenvalue weighted by Gasteiger charge is -2.07. The monoisotopic (exact) mass is 321 g/mol. The summed E-state index contributed by atoms with van der Waals surface area (Å²) in [6, 6.07) is 19.9. The smallest absolute Gasteiger partial charge is 0.228 e. The van der Waals surface area contributed by atoms with Gasteiger partial charge in [0.05, 0.1) is 5.69 Å². The van der Waals surface area contributed by atoms with E-state index in [1.807, 2.05) is 18.3 Å². The average molecular weight is 321 g/mol. The number of alkyl halides is 1. The van der Waals surface area contributed by atoms with Crippen molar-refractivity contribution < 1.29 is 9.13 Å². The first-order chi connectivity index (χ1) is 11.8. The van der Waals surface area contributed by atoms with Crippen LogP contribution in [0.15, 0.2) is 66.9 Å².